The lowest BCUT2D eigenvalue weighted by Gasteiger charge is -2.21. The SMILES string of the molecule is COC(=O)c1occc1CNC1CCC(=O)NC1=O. The number of carbonyl (C=O) groups is 3. The third-order valence-electron chi connectivity index (χ3n) is 2.90. The van der Waals surface area contributed by atoms with Crippen LogP contribution in [-0.4, -0.2) is 30.9 Å². The second-order valence-corrected chi connectivity index (χ2v) is 4.15. The Morgan fingerprint density at radius 3 is 3.05 bits per heavy atom. The number of furan rings is 1. The van der Waals surface area contributed by atoms with Crippen molar-refractivity contribution in [2.75, 3.05) is 7.11 Å². The fraction of sp³-hybridized carbons (Fsp3) is 0.417. The van der Waals surface area contributed by atoms with Gasteiger partial charge in [-0.1, -0.05) is 0 Å². The molecular weight excluding hydrogens is 252 g/mol. The molecule has 2 rings (SSSR count). The van der Waals surface area contributed by atoms with E-state index < -0.39 is 12.0 Å². The highest BCUT2D eigenvalue weighted by atomic mass is 16.5. The first-order valence-electron chi connectivity index (χ1n) is 5.83. The summed E-state index contributed by atoms with van der Waals surface area (Å²) in [5.41, 5.74) is 0.608. The Morgan fingerprint density at radius 2 is 2.37 bits per heavy atom. The molecular formula is C12H14N2O5. The van der Waals surface area contributed by atoms with Crippen LogP contribution in [0.25, 0.3) is 0 Å². The molecule has 0 saturated carbocycles. The zero-order valence-electron chi connectivity index (χ0n) is 10.4. The predicted molar refractivity (Wildman–Crippen MR) is 63.1 cm³/mol. The topological polar surface area (TPSA) is 97.6 Å². The average molecular weight is 266 g/mol. The monoisotopic (exact) mass is 266 g/mol. The molecule has 7 nitrogen and oxygen atoms in total. The summed E-state index contributed by atoms with van der Waals surface area (Å²) in [5.74, 6) is -1.06. The van der Waals surface area contributed by atoms with Crippen molar-refractivity contribution < 1.29 is 23.5 Å². The molecule has 1 aliphatic rings. The van der Waals surface area contributed by atoms with E-state index in [4.69, 9.17) is 4.42 Å². The second-order valence-electron chi connectivity index (χ2n) is 4.15. The lowest BCUT2D eigenvalue weighted by molar-refractivity contribution is -0.134. The van der Waals surface area contributed by atoms with Gasteiger partial charge >= 0.3 is 5.97 Å². The molecule has 0 bridgehead atoms. The fourth-order valence-corrected chi connectivity index (χ4v) is 1.87. The number of hydrogen-bond donors (Lipinski definition) is 2. The van der Waals surface area contributed by atoms with Gasteiger partial charge in [0.25, 0.3) is 0 Å². The number of hydrogen-bond acceptors (Lipinski definition) is 6. The normalized spacial score (nSPS) is 19.1. The van der Waals surface area contributed by atoms with Crippen molar-refractivity contribution in [2.24, 2.45) is 0 Å². The van der Waals surface area contributed by atoms with Crippen LogP contribution in [0.3, 0.4) is 0 Å². The molecule has 0 aromatic carbocycles. The molecule has 1 saturated heterocycles. The van der Waals surface area contributed by atoms with Crippen LogP contribution in [-0.2, 0) is 20.9 Å². The molecule has 2 N–H and O–H groups in total. The van der Waals surface area contributed by atoms with E-state index in [2.05, 4.69) is 15.4 Å². The third-order valence-corrected chi connectivity index (χ3v) is 2.90. The summed E-state index contributed by atoms with van der Waals surface area (Å²) in [4.78, 5) is 33.9. The molecule has 1 atom stereocenters. The molecule has 0 radical (unpaired) electrons. The predicted octanol–water partition coefficient (Wildman–Crippen LogP) is -0.0390. The molecule has 1 unspecified atom stereocenters. The van der Waals surface area contributed by atoms with E-state index in [1.807, 2.05) is 0 Å². The Morgan fingerprint density at radius 1 is 1.58 bits per heavy atom. The van der Waals surface area contributed by atoms with Gasteiger partial charge in [-0.25, -0.2) is 4.79 Å². The number of ether oxygens (including phenoxy) is 1. The number of esters is 1. The van der Waals surface area contributed by atoms with Crippen molar-refractivity contribution in [3.8, 4) is 0 Å². The van der Waals surface area contributed by atoms with Gasteiger partial charge in [-0.15, -0.1) is 0 Å². The van der Waals surface area contributed by atoms with Crippen molar-refractivity contribution in [1.82, 2.24) is 10.6 Å². The highest BCUT2D eigenvalue weighted by Gasteiger charge is 2.26. The Kier molecular flexibility index (Phi) is 3.96. The molecule has 102 valence electrons. The summed E-state index contributed by atoms with van der Waals surface area (Å²) in [6.07, 6.45) is 2.13. The number of rotatable bonds is 4. The first-order chi connectivity index (χ1) is 9.11. The van der Waals surface area contributed by atoms with Gasteiger partial charge in [0.2, 0.25) is 17.6 Å². The van der Waals surface area contributed by atoms with E-state index in [0.717, 1.165) is 0 Å². The first-order valence-corrected chi connectivity index (χ1v) is 5.83. The number of amides is 2. The van der Waals surface area contributed by atoms with Crippen molar-refractivity contribution in [2.45, 2.75) is 25.4 Å². The Hall–Kier alpha value is -2.15. The maximum Gasteiger partial charge on any atom is 0.374 e. The van der Waals surface area contributed by atoms with Crippen LogP contribution in [0.4, 0.5) is 0 Å². The summed E-state index contributed by atoms with van der Waals surface area (Å²) in [6.45, 7) is 0.285. The van der Waals surface area contributed by atoms with Gasteiger partial charge in [0.05, 0.1) is 19.4 Å². The van der Waals surface area contributed by atoms with Gasteiger partial charge in [-0.2, -0.15) is 0 Å². The number of piperidine rings is 1. The molecule has 2 heterocycles. The van der Waals surface area contributed by atoms with E-state index in [0.29, 0.717) is 18.4 Å². The minimum atomic E-state index is -0.565. The fourth-order valence-electron chi connectivity index (χ4n) is 1.87. The Balaban J connectivity index is 1.96. The van der Waals surface area contributed by atoms with E-state index >= 15 is 0 Å². The summed E-state index contributed by atoms with van der Waals surface area (Å²) >= 11 is 0. The minimum absolute atomic E-state index is 0.113. The second kappa shape index (κ2) is 5.66. The van der Waals surface area contributed by atoms with Crippen LogP contribution in [0.2, 0.25) is 0 Å². The summed E-state index contributed by atoms with van der Waals surface area (Å²) in [7, 11) is 1.27. The van der Waals surface area contributed by atoms with Crippen LogP contribution < -0.4 is 10.6 Å². The zero-order chi connectivity index (χ0) is 13.8. The van der Waals surface area contributed by atoms with Crippen LogP contribution >= 0.6 is 0 Å². The number of carbonyl (C=O) groups excluding carboxylic acids is 3. The maximum atomic E-state index is 11.5. The zero-order valence-corrected chi connectivity index (χ0v) is 10.4. The maximum absolute atomic E-state index is 11.5. The largest absolute Gasteiger partial charge is 0.463 e. The van der Waals surface area contributed by atoms with E-state index in [1.54, 1.807) is 6.07 Å². The number of methoxy groups -OCH3 is 1. The molecule has 19 heavy (non-hydrogen) atoms. The highest BCUT2D eigenvalue weighted by Crippen LogP contribution is 2.13. The van der Waals surface area contributed by atoms with Gasteiger partial charge < -0.3 is 14.5 Å². The number of nitrogens with one attached hydrogen (secondary N) is 2. The highest BCUT2D eigenvalue weighted by molar-refractivity contribution is 6.00. The van der Waals surface area contributed by atoms with Gasteiger partial charge in [-0.05, 0) is 12.5 Å². The summed E-state index contributed by atoms with van der Waals surface area (Å²) in [5, 5.41) is 5.23. The summed E-state index contributed by atoms with van der Waals surface area (Å²) < 4.78 is 9.61. The van der Waals surface area contributed by atoms with Crippen molar-refractivity contribution in [1.29, 1.82) is 0 Å². The van der Waals surface area contributed by atoms with Crippen LogP contribution in [0, 0.1) is 0 Å². The molecule has 1 aliphatic heterocycles. The van der Waals surface area contributed by atoms with Gasteiger partial charge in [0, 0.05) is 18.5 Å². The summed E-state index contributed by atoms with van der Waals surface area (Å²) in [6, 6.07) is 1.18. The average Bonchev–Trinajstić information content (AvgIpc) is 2.85. The first kappa shape index (κ1) is 13.3. The van der Waals surface area contributed by atoms with Crippen molar-refractivity contribution in [3.05, 3.63) is 23.7 Å². The quantitative estimate of drug-likeness (QED) is 0.586. The molecule has 7 heteroatoms. The van der Waals surface area contributed by atoms with Gasteiger partial charge in [0.15, 0.2) is 0 Å². The van der Waals surface area contributed by atoms with E-state index in [1.165, 1.54) is 13.4 Å². The van der Waals surface area contributed by atoms with E-state index in [-0.39, 0.29) is 24.1 Å². The minimum Gasteiger partial charge on any atom is -0.463 e. The van der Waals surface area contributed by atoms with E-state index in [9.17, 15) is 14.4 Å². The molecule has 1 aromatic heterocycles. The molecule has 0 aliphatic carbocycles. The number of imide groups is 1. The van der Waals surface area contributed by atoms with Crippen molar-refractivity contribution in [3.63, 3.8) is 0 Å². The van der Waals surface area contributed by atoms with Crippen LogP contribution in [0.1, 0.15) is 29.0 Å². The lowest BCUT2D eigenvalue weighted by atomic mass is 10.1. The molecule has 0 spiro atoms. The Bertz CT molecular complexity index is 508. The Labute approximate surface area is 109 Å². The lowest BCUT2D eigenvalue weighted by Crippen LogP contribution is -2.50. The van der Waals surface area contributed by atoms with Crippen LogP contribution in [0.5, 0.6) is 0 Å². The van der Waals surface area contributed by atoms with Crippen LogP contribution in [0.15, 0.2) is 16.7 Å². The molecule has 1 aromatic rings. The van der Waals surface area contributed by atoms with Crippen molar-refractivity contribution >= 4 is 17.8 Å². The smallest absolute Gasteiger partial charge is 0.374 e. The molecule has 1 fully saturated rings. The van der Waals surface area contributed by atoms with Gasteiger partial charge in [-0.3, -0.25) is 14.9 Å². The standard InChI is InChI=1S/C12H14N2O5/c1-18-12(17)10-7(4-5-19-10)6-13-8-2-3-9(15)14-11(8)16/h4-5,8,13H,2-3,6H2,1H3,(H,14,15,16). The third kappa shape index (κ3) is 3.00. The van der Waals surface area contributed by atoms with Gasteiger partial charge in [0.1, 0.15) is 0 Å². The molecule has 2 amide bonds.